The Hall–Kier alpha value is -11.2. The molecule has 0 spiro atoms. The number of nitrogens with zero attached hydrogens (tertiary/aromatic N) is 1. The van der Waals surface area contributed by atoms with Crippen LogP contribution in [-0.4, -0.2) is 75.9 Å². The van der Waals surface area contributed by atoms with Crippen LogP contribution in [0.3, 0.4) is 0 Å². The molecule has 11 aromatic carbocycles. The van der Waals surface area contributed by atoms with Gasteiger partial charge in [0.25, 0.3) is 0 Å². The standard InChI is InChI=1S/C36H29FN2O4.C25H23BrFNO4.C12H9N.C6H6/c37-26-17-15-25(16-18-26)35(40)30-9-1-4-10-31(30)38-32(36(41)42)23-24-13-19-27(20-14-24)43-22-21-39-33-11-5-2-7-28(33)29-8-3-6-12-34(29)39;1-31-25(30)23(16-17-6-12-20(13-7-17)32-15-14-26)28-22-5-3-2-4-21(22)24(29)18-8-10-19(27)11-9-18;1-3-7-11-9(5-1)10-6-2-4-8-12(10)13-11;1-2-4-6-5-3-1/h1-20,32,38H,21-23H2,(H,41,42);2-13,23,28H,14-16H2,1H3;1-8,13H;1-6H. The molecule has 0 aliphatic heterocycles. The summed E-state index contributed by atoms with van der Waals surface area (Å²) in [5.74, 6) is -1.51. The van der Waals surface area contributed by atoms with Crippen LogP contribution in [0.4, 0.5) is 20.2 Å². The first-order valence-corrected chi connectivity index (χ1v) is 31.6. The largest absolute Gasteiger partial charge is 0.493 e. The fourth-order valence-corrected chi connectivity index (χ4v) is 11.0. The maximum Gasteiger partial charge on any atom is 0.328 e. The number of aromatic amines is 1. The molecule has 2 unspecified atom stereocenters. The Balaban J connectivity index is 0.000000163. The van der Waals surface area contributed by atoms with Gasteiger partial charge in [0, 0.05) is 95.4 Å². The molecule has 0 fully saturated rings. The number of carboxylic acids is 1. The number of carboxylic acid groups (broad SMARTS) is 1. The monoisotopic (exact) mass is 1320 g/mol. The Morgan fingerprint density at radius 3 is 1.28 bits per heavy atom. The number of H-pyrrole nitrogens is 1. The van der Waals surface area contributed by atoms with Gasteiger partial charge in [-0.05, 0) is 132 Å². The summed E-state index contributed by atoms with van der Waals surface area (Å²) in [5.41, 5.74) is 8.71. The lowest BCUT2D eigenvalue weighted by atomic mass is 10.00. The number of methoxy groups -OCH3 is 1. The van der Waals surface area contributed by atoms with Crippen molar-refractivity contribution in [2.75, 3.05) is 36.3 Å². The number of ketones is 2. The number of aromatic nitrogens is 2. The van der Waals surface area contributed by atoms with Crippen molar-refractivity contribution in [3.63, 3.8) is 0 Å². The predicted molar refractivity (Wildman–Crippen MR) is 374 cm³/mol. The van der Waals surface area contributed by atoms with E-state index in [1.165, 1.54) is 88.2 Å². The van der Waals surface area contributed by atoms with Gasteiger partial charge in [-0.15, -0.1) is 0 Å². The number of benzene rings is 11. The minimum absolute atomic E-state index is 0.191. The summed E-state index contributed by atoms with van der Waals surface area (Å²) in [6, 6.07) is 82.8. The molecule has 0 saturated carbocycles. The molecule has 2 atom stereocenters. The molecule has 0 bridgehead atoms. The second-order valence-electron chi connectivity index (χ2n) is 21.7. The summed E-state index contributed by atoms with van der Waals surface area (Å²) in [6.45, 7) is 1.71. The Morgan fingerprint density at radius 1 is 0.457 bits per heavy atom. The molecule has 2 aromatic heterocycles. The number of hydrogen-bond acceptors (Lipinski definition) is 9. The zero-order valence-corrected chi connectivity index (χ0v) is 52.9. The molecule has 0 radical (unpaired) electrons. The average Bonchev–Trinajstić information content (AvgIpc) is 1.62. The molecule has 12 nitrogen and oxygen atoms in total. The maximum absolute atomic E-state index is 13.3. The smallest absolute Gasteiger partial charge is 0.328 e. The van der Waals surface area contributed by atoms with Gasteiger partial charge >= 0.3 is 11.9 Å². The summed E-state index contributed by atoms with van der Waals surface area (Å²) in [5, 5.41) is 21.9. The van der Waals surface area contributed by atoms with Gasteiger partial charge in [-0.1, -0.05) is 174 Å². The van der Waals surface area contributed by atoms with Crippen LogP contribution in [-0.2, 0) is 33.7 Å². The molecule has 4 N–H and O–H groups in total. The Bertz CT molecular complexity index is 4510. The highest BCUT2D eigenvalue weighted by Gasteiger charge is 2.24. The highest BCUT2D eigenvalue weighted by molar-refractivity contribution is 9.09. The van der Waals surface area contributed by atoms with Crippen LogP contribution < -0.4 is 20.1 Å². The topological polar surface area (TPSA) is 161 Å². The van der Waals surface area contributed by atoms with E-state index >= 15 is 0 Å². The van der Waals surface area contributed by atoms with Crippen molar-refractivity contribution in [1.29, 1.82) is 0 Å². The lowest BCUT2D eigenvalue weighted by Crippen LogP contribution is -2.33. The SMILES string of the molecule is COC(=O)C(Cc1ccc(OCCBr)cc1)Nc1ccccc1C(=O)c1ccc(F)cc1.O=C(c1ccc(F)cc1)c1ccccc1NC(Cc1ccc(OCCn2c3ccccc3c3ccccc32)cc1)C(=O)O.c1ccc2c(c1)[nH]c1ccccc12.c1ccccc1. The number of aliphatic carboxylic acids is 1. The number of para-hydroxylation sites is 6. The van der Waals surface area contributed by atoms with Crippen LogP contribution >= 0.6 is 15.9 Å². The summed E-state index contributed by atoms with van der Waals surface area (Å²) in [7, 11) is 1.32. The number of fused-ring (bicyclic) bond motifs is 6. The van der Waals surface area contributed by atoms with Gasteiger partial charge in [-0.25, -0.2) is 18.4 Å². The number of hydrogen-bond donors (Lipinski definition) is 4. The van der Waals surface area contributed by atoms with E-state index in [1.807, 2.05) is 109 Å². The van der Waals surface area contributed by atoms with Gasteiger partial charge < -0.3 is 39.5 Å². The molecule has 0 aliphatic rings. The summed E-state index contributed by atoms with van der Waals surface area (Å²) < 4.78 is 45.4. The zero-order valence-electron chi connectivity index (χ0n) is 51.3. The molecule has 13 aromatic rings. The molecule has 13 rings (SSSR count). The van der Waals surface area contributed by atoms with E-state index in [0.717, 1.165) is 33.2 Å². The van der Waals surface area contributed by atoms with E-state index in [0.29, 0.717) is 65.6 Å². The number of anilines is 2. The molecule has 0 aliphatic carbocycles. The molecule has 15 heteroatoms. The van der Waals surface area contributed by atoms with Crippen LogP contribution in [0, 0.1) is 11.6 Å². The van der Waals surface area contributed by atoms with E-state index < -0.39 is 35.7 Å². The molecule has 0 amide bonds. The van der Waals surface area contributed by atoms with Crippen LogP contribution in [0.1, 0.15) is 43.0 Å². The number of rotatable bonds is 21. The minimum Gasteiger partial charge on any atom is -0.493 e. The minimum atomic E-state index is -1.05. The number of ether oxygens (including phenoxy) is 3. The summed E-state index contributed by atoms with van der Waals surface area (Å²) in [6.07, 6.45) is 0.542. The van der Waals surface area contributed by atoms with Gasteiger partial charge in [0.2, 0.25) is 0 Å². The third kappa shape index (κ3) is 17.2. The summed E-state index contributed by atoms with van der Waals surface area (Å²) in [4.78, 5) is 54.1. The normalized spacial score (nSPS) is 11.4. The maximum atomic E-state index is 13.3. The van der Waals surface area contributed by atoms with Crippen LogP contribution in [0.2, 0.25) is 0 Å². The van der Waals surface area contributed by atoms with Gasteiger partial charge in [0.15, 0.2) is 11.6 Å². The van der Waals surface area contributed by atoms with Crippen LogP contribution in [0.25, 0.3) is 43.6 Å². The number of esters is 1. The second kappa shape index (κ2) is 32.7. The molecular weight excluding hydrogens is 1250 g/mol. The molecule has 0 saturated heterocycles. The first-order chi connectivity index (χ1) is 45.9. The lowest BCUT2D eigenvalue weighted by molar-refractivity contribution is -0.141. The van der Waals surface area contributed by atoms with Crippen molar-refractivity contribution in [2.45, 2.75) is 31.5 Å². The Labute approximate surface area is 551 Å². The number of alkyl halides is 1. The van der Waals surface area contributed by atoms with Gasteiger partial charge in [-0.3, -0.25) is 9.59 Å². The molecule has 2 heterocycles. The van der Waals surface area contributed by atoms with Crippen LogP contribution in [0.15, 0.2) is 279 Å². The highest BCUT2D eigenvalue weighted by atomic mass is 79.9. The van der Waals surface area contributed by atoms with Gasteiger partial charge in [-0.2, -0.15) is 0 Å². The highest BCUT2D eigenvalue weighted by Crippen LogP contribution is 2.30. The molecule has 472 valence electrons. The van der Waals surface area contributed by atoms with Crippen LogP contribution in [0.5, 0.6) is 11.5 Å². The quantitative estimate of drug-likeness (QED) is 0.0310. The number of nitrogens with one attached hydrogen (secondary N) is 3. The van der Waals surface area contributed by atoms with Gasteiger partial charge in [0.1, 0.15) is 41.8 Å². The molecular formula is C79H67BrF2N4O8. The third-order valence-electron chi connectivity index (χ3n) is 15.4. The van der Waals surface area contributed by atoms with E-state index in [2.05, 4.69) is 109 Å². The van der Waals surface area contributed by atoms with Gasteiger partial charge in [0.05, 0.1) is 20.3 Å². The van der Waals surface area contributed by atoms with E-state index in [1.54, 1.807) is 48.5 Å². The number of carbonyl (C=O) groups is 4. The number of carbonyl (C=O) groups excluding carboxylic acids is 3. The summed E-state index contributed by atoms with van der Waals surface area (Å²) >= 11 is 3.32. The van der Waals surface area contributed by atoms with E-state index in [4.69, 9.17) is 14.2 Å². The fourth-order valence-electron chi connectivity index (χ4n) is 10.8. The van der Waals surface area contributed by atoms with Crippen molar-refractivity contribution < 1.29 is 47.3 Å². The molecule has 94 heavy (non-hydrogen) atoms. The second-order valence-corrected chi connectivity index (χ2v) is 22.5. The van der Waals surface area contributed by atoms with Crippen molar-refractivity contribution in [3.05, 3.63) is 324 Å². The first kappa shape index (κ1) is 65.8. The van der Waals surface area contributed by atoms with Crippen molar-refractivity contribution in [3.8, 4) is 11.5 Å². The Morgan fingerprint density at radius 2 is 0.840 bits per heavy atom. The fraction of sp³-hybridized carbons (Fsp3) is 0.114. The predicted octanol–water partition coefficient (Wildman–Crippen LogP) is 17.4. The Kier molecular flexibility index (Phi) is 22.9. The average molecular weight is 1320 g/mol. The third-order valence-corrected chi connectivity index (χ3v) is 15.7. The van der Waals surface area contributed by atoms with Crippen molar-refractivity contribution in [1.82, 2.24) is 9.55 Å². The zero-order chi connectivity index (χ0) is 65.6. The van der Waals surface area contributed by atoms with Crippen molar-refractivity contribution in [2.24, 2.45) is 0 Å². The van der Waals surface area contributed by atoms with E-state index in [9.17, 15) is 33.1 Å². The number of halogens is 3. The lowest BCUT2D eigenvalue weighted by Gasteiger charge is -2.20. The first-order valence-electron chi connectivity index (χ1n) is 30.5. The van der Waals surface area contributed by atoms with Crippen molar-refractivity contribution >= 4 is 94.4 Å². The van der Waals surface area contributed by atoms with E-state index in [-0.39, 0.29) is 18.0 Å².